The van der Waals surface area contributed by atoms with E-state index in [9.17, 15) is 4.79 Å². The minimum absolute atomic E-state index is 0.0960. The van der Waals surface area contributed by atoms with Crippen molar-refractivity contribution in [3.05, 3.63) is 70.8 Å². The van der Waals surface area contributed by atoms with E-state index < -0.39 is 5.97 Å². The molecule has 0 aromatic heterocycles. The number of aryl methyl sites for hydroxylation is 2. The van der Waals surface area contributed by atoms with Gasteiger partial charge in [-0.05, 0) is 49.4 Å². The van der Waals surface area contributed by atoms with Crippen LogP contribution in [-0.4, -0.2) is 36.1 Å². The van der Waals surface area contributed by atoms with Gasteiger partial charge < -0.3 is 5.11 Å². The largest absolute Gasteiger partial charge is 0.480 e. The van der Waals surface area contributed by atoms with Crippen LogP contribution in [0.15, 0.2) is 48.5 Å². The van der Waals surface area contributed by atoms with Crippen molar-refractivity contribution < 1.29 is 9.90 Å². The van der Waals surface area contributed by atoms with E-state index in [0.717, 1.165) is 19.4 Å². The number of fused-ring (bicyclic) bond motifs is 1. The summed E-state index contributed by atoms with van der Waals surface area (Å²) < 4.78 is 0. The average Bonchev–Trinajstić information content (AvgIpc) is 2.54. The number of carbonyl (C=O) groups is 1. The summed E-state index contributed by atoms with van der Waals surface area (Å²) in [6, 6.07) is 17.4. The minimum Gasteiger partial charge on any atom is -0.480 e. The molecule has 1 aliphatic rings. The Bertz CT molecular complexity index is 711. The average molecular weight is 323 g/mol. The monoisotopic (exact) mass is 323 g/mol. The fourth-order valence-corrected chi connectivity index (χ4v) is 4.02. The highest BCUT2D eigenvalue weighted by Crippen LogP contribution is 2.41. The molecule has 2 aromatic carbocycles. The second-order valence-corrected chi connectivity index (χ2v) is 6.98. The molecule has 3 heteroatoms. The molecular weight excluding hydrogens is 298 g/mol. The normalized spacial score (nSPS) is 20.0. The molecule has 2 atom stereocenters. The number of hydrogen-bond acceptors (Lipinski definition) is 2. The first-order valence-electron chi connectivity index (χ1n) is 8.59. The smallest absolute Gasteiger partial charge is 0.317 e. The van der Waals surface area contributed by atoms with Crippen LogP contribution in [0.2, 0.25) is 0 Å². The lowest BCUT2D eigenvalue weighted by Crippen LogP contribution is -2.35. The van der Waals surface area contributed by atoms with E-state index in [1.54, 1.807) is 0 Å². The van der Waals surface area contributed by atoms with Crippen molar-refractivity contribution in [3.8, 4) is 0 Å². The summed E-state index contributed by atoms with van der Waals surface area (Å²) >= 11 is 0. The zero-order chi connectivity index (χ0) is 17.1. The molecule has 126 valence electrons. The molecule has 0 spiro atoms. The Hall–Kier alpha value is -2.13. The van der Waals surface area contributed by atoms with E-state index in [2.05, 4.69) is 49.4 Å². The Morgan fingerprint density at radius 1 is 1.21 bits per heavy atom. The Morgan fingerprint density at radius 3 is 2.67 bits per heavy atom. The number of nitrogens with zero attached hydrogens (tertiary/aromatic N) is 1. The molecule has 1 N–H and O–H groups in total. The van der Waals surface area contributed by atoms with Crippen LogP contribution in [0.1, 0.15) is 34.6 Å². The maximum Gasteiger partial charge on any atom is 0.317 e. The number of carboxylic acid groups (broad SMARTS) is 1. The molecule has 2 aromatic rings. The van der Waals surface area contributed by atoms with Crippen molar-refractivity contribution in [1.29, 1.82) is 0 Å². The third-order valence-corrected chi connectivity index (χ3v) is 5.00. The highest BCUT2D eigenvalue weighted by Gasteiger charge is 2.31. The number of likely N-dealkylation sites (N-methyl/N-ethyl adjacent to an activating group) is 1. The van der Waals surface area contributed by atoms with Gasteiger partial charge in [-0.15, -0.1) is 0 Å². The van der Waals surface area contributed by atoms with Crippen LogP contribution < -0.4 is 0 Å². The molecule has 0 heterocycles. The third-order valence-electron chi connectivity index (χ3n) is 5.00. The fraction of sp³-hybridized carbons (Fsp3) is 0.381. The first-order valence-corrected chi connectivity index (χ1v) is 8.59. The number of hydrogen-bond donors (Lipinski definition) is 1. The summed E-state index contributed by atoms with van der Waals surface area (Å²) in [5, 5.41) is 9.04. The van der Waals surface area contributed by atoms with Gasteiger partial charge in [-0.3, -0.25) is 9.69 Å². The standard InChI is InChI=1S/C21H25NO2/c1-15-8-11-19-17(12-15)9-10-18(13-22(2)14-20(23)24)21(19)16-6-4-3-5-7-16/h3-8,11-12,18,21H,9-10,13-14H2,1-2H3,(H,23,24)/t18-,21+/m1/s1. The van der Waals surface area contributed by atoms with Crippen molar-refractivity contribution in [2.45, 2.75) is 25.7 Å². The Kier molecular flexibility index (Phi) is 5.00. The predicted octanol–water partition coefficient (Wildman–Crippen LogP) is 3.71. The van der Waals surface area contributed by atoms with Crippen molar-refractivity contribution in [1.82, 2.24) is 4.90 Å². The lowest BCUT2D eigenvalue weighted by molar-refractivity contribution is -0.138. The van der Waals surface area contributed by atoms with Crippen LogP contribution in [0, 0.1) is 12.8 Å². The molecule has 3 nitrogen and oxygen atoms in total. The van der Waals surface area contributed by atoms with Gasteiger partial charge in [0.25, 0.3) is 0 Å². The SMILES string of the molecule is Cc1ccc2c(c1)CC[C@H](CN(C)CC(=O)O)[C@@H]2c1ccccc1. The summed E-state index contributed by atoms with van der Waals surface area (Å²) in [7, 11) is 1.90. The topological polar surface area (TPSA) is 40.5 Å². The molecule has 0 saturated heterocycles. The van der Waals surface area contributed by atoms with Gasteiger partial charge >= 0.3 is 5.97 Å². The van der Waals surface area contributed by atoms with E-state index in [0.29, 0.717) is 11.8 Å². The molecule has 0 radical (unpaired) electrons. The Balaban J connectivity index is 1.94. The minimum atomic E-state index is -0.763. The van der Waals surface area contributed by atoms with Gasteiger partial charge in [0.15, 0.2) is 0 Å². The van der Waals surface area contributed by atoms with E-state index in [-0.39, 0.29) is 6.54 Å². The van der Waals surface area contributed by atoms with E-state index in [1.807, 2.05) is 18.0 Å². The van der Waals surface area contributed by atoms with Crippen LogP contribution in [0.25, 0.3) is 0 Å². The highest BCUT2D eigenvalue weighted by molar-refractivity contribution is 5.69. The molecular formula is C21H25NO2. The second kappa shape index (κ2) is 7.18. The van der Waals surface area contributed by atoms with Gasteiger partial charge in [-0.2, -0.15) is 0 Å². The lowest BCUT2D eigenvalue weighted by atomic mass is 9.71. The van der Waals surface area contributed by atoms with E-state index in [4.69, 9.17) is 5.11 Å². The molecule has 0 unspecified atom stereocenters. The van der Waals surface area contributed by atoms with Crippen LogP contribution >= 0.6 is 0 Å². The summed E-state index contributed by atoms with van der Waals surface area (Å²) in [6.07, 6.45) is 2.17. The predicted molar refractivity (Wildman–Crippen MR) is 96.4 cm³/mol. The van der Waals surface area contributed by atoms with Gasteiger partial charge in [0.2, 0.25) is 0 Å². The Labute approximate surface area is 143 Å². The van der Waals surface area contributed by atoms with Crippen LogP contribution in [0.4, 0.5) is 0 Å². The van der Waals surface area contributed by atoms with E-state index >= 15 is 0 Å². The van der Waals surface area contributed by atoms with Crippen LogP contribution in [0.5, 0.6) is 0 Å². The molecule has 0 fully saturated rings. The van der Waals surface area contributed by atoms with Gasteiger partial charge in [-0.1, -0.05) is 54.1 Å². The van der Waals surface area contributed by atoms with Gasteiger partial charge in [0.05, 0.1) is 6.54 Å². The Morgan fingerprint density at radius 2 is 1.96 bits per heavy atom. The van der Waals surface area contributed by atoms with Gasteiger partial charge in [0.1, 0.15) is 0 Å². The summed E-state index contributed by atoms with van der Waals surface area (Å²) in [6.45, 7) is 3.04. The second-order valence-electron chi connectivity index (χ2n) is 6.98. The van der Waals surface area contributed by atoms with Crippen molar-refractivity contribution in [2.75, 3.05) is 20.1 Å². The van der Waals surface area contributed by atoms with Gasteiger partial charge in [-0.25, -0.2) is 0 Å². The molecule has 24 heavy (non-hydrogen) atoms. The molecule has 0 saturated carbocycles. The van der Waals surface area contributed by atoms with E-state index in [1.165, 1.54) is 22.3 Å². The fourth-order valence-electron chi connectivity index (χ4n) is 4.02. The van der Waals surface area contributed by atoms with Crippen LogP contribution in [0.3, 0.4) is 0 Å². The zero-order valence-corrected chi connectivity index (χ0v) is 14.4. The first kappa shape index (κ1) is 16.7. The zero-order valence-electron chi connectivity index (χ0n) is 14.4. The lowest BCUT2D eigenvalue weighted by Gasteiger charge is -2.36. The van der Waals surface area contributed by atoms with Crippen molar-refractivity contribution >= 4 is 5.97 Å². The molecule has 0 bridgehead atoms. The molecule has 1 aliphatic carbocycles. The number of aliphatic carboxylic acids is 1. The summed E-state index contributed by atoms with van der Waals surface area (Å²) in [5.74, 6) is 0.0133. The summed E-state index contributed by atoms with van der Waals surface area (Å²) in [5.41, 5.74) is 5.49. The number of carboxylic acids is 1. The molecule has 0 amide bonds. The maximum absolute atomic E-state index is 11.0. The van der Waals surface area contributed by atoms with Gasteiger partial charge in [0, 0.05) is 12.5 Å². The third kappa shape index (κ3) is 3.68. The number of rotatable bonds is 5. The maximum atomic E-state index is 11.0. The molecule has 3 rings (SSSR count). The quantitative estimate of drug-likeness (QED) is 0.912. The highest BCUT2D eigenvalue weighted by atomic mass is 16.4. The first-order chi connectivity index (χ1) is 11.5. The number of benzene rings is 2. The van der Waals surface area contributed by atoms with Crippen molar-refractivity contribution in [3.63, 3.8) is 0 Å². The van der Waals surface area contributed by atoms with Crippen molar-refractivity contribution in [2.24, 2.45) is 5.92 Å². The summed E-state index contributed by atoms with van der Waals surface area (Å²) in [4.78, 5) is 12.9. The van der Waals surface area contributed by atoms with Crippen LogP contribution in [-0.2, 0) is 11.2 Å². The molecule has 0 aliphatic heterocycles.